The SMILES string of the molecule is CCC(C)(CCO)NS(=O)(=O)c1cccc(N)c1C. The Kier molecular flexibility index (Phi) is 4.95. The number of sulfonamides is 1. The van der Waals surface area contributed by atoms with Crippen molar-refractivity contribution in [2.75, 3.05) is 12.3 Å². The van der Waals surface area contributed by atoms with Crippen LogP contribution in [-0.2, 0) is 10.0 Å². The van der Waals surface area contributed by atoms with Gasteiger partial charge in [0.1, 0.15) is 0 Å². The van der Waals surface area contributed by atoms with Gasteiger partial charge < -0.3 is 10.8 Å². The van der Waals surface area contributed by atoms with Gasteiger partial charge in [-0.2, -0.15) is 0 Å². The summed E-state index contributed by atoms with van der Waals surface area (Å²) in [4.78, 5) is 0.185. The van der Waals surface area contributed by atoms with Crippen molar-refractivity contribution in [3.8, 4) is 0 Å². The largest absolute Gasteiger partial charge is 0.398 e. The van der Waals surface area contributed by atoms with Crippen LogP contribution >= 0.6 is 0 Å². The number of benzene rings is 1. The van der Waals surface area contributed by atoms with Crippen molar-refractivity contribution in [2.24, 2.45) is 0 Å². The Morgan fingerprint density at radius 2 is 2.05 bits per heavy atom. The molecule has 0 aliphatic heterocycles. The number of nitrogens with two attached hydrogens (primary N) is 1. The first-order valence-electron chi connectivity index (χ1n) is 6.25. The second kappa shape index (κ2) is 5.90. The Hall–Kier alpha value is -1.11. The fraction of sp³-hybridized carbons (Fsp3) is 0.538. The van der Waals surface area contributed by atoms with Gasteiger partial charge >= 0.3 is 0 Å². The monoisotopic (exact) mass is 286 g/mol. The van der Waals surface area contributed by atoms with E-state index in [4.69, 9.17) is 10.8 Å². The van der Waals surface area contributed by atoms with E-state index in [2.05, 4.69) is 4.72 Å². The molecular formula is C13H22N2O3S. The van der Waals surface area contributed by atoms with E-state index in [-0.39, 0.29) is 11.5 Å². The molecule has 0 bridgehead atoms. The van der Waals surface area contributed by atoms with Gasteiger partial charge in [0.15, 0.2) is 0 Å². The van der Waals surface area contributed by atoms with E-state index < -0.39 is 15.6 Å². The second-order valence-corrected chi connectivity index (χ2v) is 6.61. The molecule has 1 atom stereocenters. The molecule has 0 saturated heterocycles. The van der Waals surface area contributed by atoms with Gasteiger partial charge in [-0.3, -0.25) is 0 Å². The molecular weight excluding hydrogens is 264 g/mol. The quantitative estimate of drug-likeness (QED) is 0.689. The number of hydrogen-bond acceptors (Lipinski definition) is 4. The van der Waals surface area contributed by atoms with Crippen molar-refractivity contribution in [1.29, 1.82) is 0 Å². The van der Waals surface area contributed by atoms with E-state index in [1.807, 2.05) is 6.92 Å². The fourth-order valence-electron chi connectivity index (χ4n) is 1.85. The molecule has 0 fully saturated rings. The van der Waals surface area contributed by atoms with Crippen LogP contribution in [0.3, 0.4) is 0 Å². The topological polar surface area (TPSA) is 92.4 Å². The summed E-state index contributed by atoms with van der Waals surface area (Å²) in [6.45, 7) is 5.27. The van der Waals surface area contributed by atoms with E-state index in [9.17, 15) is 8.42 Å². The minimum absolute atomic E-state index is 0.0667. The Balaban J connectivity index is 3.15. The third-order valence-electron chi connectivity index (χ3n) is 3.44. The molecule has 0 heterocycles. The van der Waals surface area contributed by atoms with Crippen molar-refractivity contribution in [3.63, 3.8) is 0 Å². The molecule has 108 valence electrons. The van der Waals surface area contributed by atoms with Crippen LogP contribution in [0.2, 0.25) is 0 Å². The molecule has 0 radical (unpaired) electrons. The highest BCUT2D eigenvalue weighted by molar-refractivity contribution is 7.89. The minimum Gasteiger partial charge on any atom is -0.398 e. The van der Waals surface area contributed by atoms with Crippen molar-refractivity contribution >= 4 is 15.7 Å². The van der Waals surface area contributed by atoms with Gasteiger partial charge in [0.25, 0.3) is 0 Å². The maximum atomic E-state index is 12.4. The molecule has 0 aliphatic carbocycles. The molecule has 1 unspecified atom stereocenters. The van der Waals surface area contributed by atoms with Gasteiger partial charge in [0, 0.05) is 17.8 Å². The van der Waals surface area contributed by atoms with Crippen LogP contribution in [0.5, 0.6) is 0 Å². The molecule has 6 heteroatoms. The van der Waals surface area contributed by atoms with E-state index >= 15 is 0 Å². The molecule has 1 rings (SSSR count). The molecule has 4 N–H and O–H groups in total. The van der Waals surface area contributed by atoms with Gasteiger partial charge in [-0.05, 0) is 44.4 Å². The van der Waals surface area contributed by atoms with E-state index in [0.717, 1.165) is 0 Å². The molecule has 0 aromatic heterocycles. The Labute approximate surface area is 114 Å². The van der Waals surface area contributed by atoms with Crippen LogP contribution in [-0.4, -0.2) is 25.7 Å². The lowest BCUT2D eigenvalue weighted by Gasteiger charge is -2.29. The number of nitrogen functional groups attached to an aromatic ring is 1. The Bertz CT molecular complexity index is 543. The zero-order valence-electron chi connectivity index (χ0n) is 11.6. The summed E-state index contributed by atoms with van der Waals surface area (Å²) in [5.41, 5.74) is 6.06. The summed E-state index contributed by atoms with van der Waals surface area (Å²) < 4.78 is 27.5. The third-order valence-corrected chi connectivity index (χ3v) is 5.22. The summed E-state index contributed by atoms with van der Waals surface area (Å²) in [6, 6.07) is 4.82. The molecule has 1 aromatic carbocycles. The molecule has 0 aliphatic rings. The van der Waals surface area contributed by atoms with Gasteiger partial charge in [-0.1, -0.05) is 13.0 Å². The zero-order chi connectivity index (χ0) is 14.7. The number of aliphatic hydroxyl groups excluding tert-OH is 1. The first kappa shape index (κ1) is 15.9. The number of aliphatic hydroxyl groups is 1. The van der Waals surface area contributed by atoms with Gasteiger partial charge in [-0.15, -0.1) is 0 Å². The van der Waals surface area contributed by atoms with Crippen molar-refractivity contribution < 1.29 is 13.5 Å². The van der Waals surface area contributed by atoms with Gasteiger partial charge in [0.05, 0.1) is 4.90 Å². The highest BCUT2D eigenvalue weighted by Crippen LogP contribution is 2.23. The second-order valence-electron chi connectivity index (χ2n) is 4.96. The van der Waals surface area contributed by atoms with Crippen LogP contribution in [0, 0.1) is 6.92 Å². The highest BCUT2D eigenvalue weighted by atomic mass is 32.2. The molecule has 1 aromatic rings. The van der Waals surface area contributed by atoms with E-state index in [1.165, 1.54) is 6.07 Å². The number of nitrogens with one attached hydrogen (secondary N) is 1. The first-order chi connectivity index (χ1) is 8.75. The Morgan fingerprint density at radius 3 is 2.58 bits per heavy atom. The van der Waals surface area contributed by atoms with Gasteiger partial charge in [-0.25, -0.2) is 13.1 Å². The first-order valence-corrected chi connectivity index (χ1v) is 7.74. The van der Waals surface area contributed by atoms with Crippen LogP contribution in [0.1, 0.15) is 32.3 Å². The molecule has 5 nitrogen and oxygen atoms in total. The summed E-state index contributed by atoms with van der Waals surface area (Å²) in [5, 5.41) is 9.04. The normalized spacial score (nSPS) is 15.2. The van der Waals surface area contributed by atoms with Crippen LogP contribution < -0.4 is 10.5 Å². The molecule has 0 amide bonds. The van der Waals surface area contributed by atoms with Crippen molar-refractivity contribution in [3.05, 3.63) is 23.8 Å². The van der Waals surface area contributed by atoms with Crippen LogP contribution in [0.25, 0.3) is 0 Å². The van der Waals surface area contributed by atoms with Crippen molar-refractivity contribution in [1.82, 2.24) is 4.72 Å². The maximum absolute atomic E-state index is 12.4. The zero-order valence-corrected chi connectivity index (χ0v) is 12.4. The Morgan fingerprint density at radius 1 is 1.42 bits per heavy atom. The number of rotatable bonds is 6. The lowest BCUT2D eigenvalue weighted by Crippen LogP contribution is -2.46. The average molecular weight is 286 g/mol. The van der Waals surface area contributed by atoms with E-state index in [1.54, 1.807) is 26.0 Å². The van der Waals surface area contributed by atoms with Crippen LogP contribution in [0.4, 0.5) is 5.69 Å². The third kappa shape index (κ3) is 3.68. The standard InChI is InChI=1S/C13H22N2O3S/c1-4-13(3,8-9-16)15-19(17,18)12-7-5-6-11(14)10(12)2/h5-7,15-16H,4,8-9,14H2,1-3H3. The summed E-state index contributed by atoms with van der Waals surface area (Å²) in [5.74, 6) is 0. The lowest BCUT2D eigenvalue weighted by molar-refractivity contribution is 0.233. The summed E-state index contributed by atoms with van der Waals surface area (Å²) >= 11 is 0. The summed E-state index contributed by atoms with van der Waals surface area (Å²) in [6.07, 6.45) is 0.957. The fourth-order valence-corrected chi connectivity index (χ4v) is 3.63. The minimum atomic E-state index is -3.65. The molecule has 19 heavy (non-hydrogen) atoms. The number of hydrogen-bond donors (Lipinski definition) is 3. The van der Waals surface area contributed by atoms with E-state index in [0.29, 0.717) is 24.1 Å². The van der Waals surface area contributed by atoms with Crippen LogP contribution in [0.15, 0.2) is 23.1 Å². The molecule has 0 spiro atoms. The maximum Gasteiger partial charge on any atom is 0.241 e. The lowest BCUT2D eigenvalue weighted by atomic mass is 9.97. The van der Waals surface area contributed by atoms with Crippen molar-refractivity contribution in [2.45, 2.75) is 44.0 Å². The predicted octanol–water partition coefficient (Wildman–Crippen LogP) is 1.41. The average Bonchev–Trinajstić information content (AvgIpc) is 2.32. The smallest absolute Gasteiger partial charge is 0.241 e. The summed E-state index contributed by atoms with van der Waals surface area (Å²) in [7, 11) is -3.65. The number of anilines is 1. The van der Waals surface area contributed by atoms with Gasteiger partial charge in [0.2, 0.25) is 10.0 Å². The predicted molar refractivity (Wildman–Crippen MR) is 76.3 cm³/mol. The highest BCUT2D eigenvalue weighted by Gasteiger charge is 2.29. The molecule has 0 saturated carbocycles.